The Morgan fingerprint density at radius 3 is 2.83 bits per heavy atom. The molecule has 1 N–H and O–H groups in total. The molecule has 0 radical (unpaired) electrons. The first-order chi connectivity index (χ1) is 14.0. The van der Waals surface area contributed by atoms with Crippen LogP contribution in [-0.2, 0) is 17.9 Å². The molecule has 1 saturated heterocycles. The van der Waals surface area contributed by atoms with Gasteiger partial charge in [0.05, 0.1) is 17.5 Å². The Morgan fingerprint density at radius 2 is 2.07 bits per heavy atom. The molecular formula is C20H28N6O3. The fourth-order valence-corrected chi connectivity index (χ4v) is 3.66. The van der Waals surface area contributed by atoms with Crippen LogP contribution < -0.4 is 5.32 Å². The highest BCUT2D eigenvalue weighted by atomic mass is 16.6. The molecule has 1 unspecified atom stereocenters. The summed E-state index contributed by atoms with van der Waals surface area (Å²) < 4.78 is 2.14. The maximum atomic E-state index is 12.7. The summed E-state index contributed by atoms with van der Waals surface area (Å²) in [6, 6.07) is 5.85. The first-order valence-corrected chi connectivity index (χ1v) is 10.00. The lowest BCUT2D eigenvalue weighted by molar-refractivity contribution is -0.383. The predicted octanol–water partition coefficient (Wildman–Crippen LogP) is 2.35. The number of carbonyl (C=O) groups excluding carboxylic acids is 1. The van der Waals surface area contributed by atoms with E-state index >= 15 is 0 Å². The van der Waals surface area contributed by atoms with Gasteiger partial charge in [-0.2, -0.15) is 0 Å². The van der Waals surface area contributed by atoms with Crippen LogP contribution in [-0.4, -0.2) is 62.4 Å². The zero-order valence-corrected chi connectivity index (χ0v) is 17.0. The van der Waals surface area contributed by atoms with Gasteiger partial charge in [0.25, 0.3) is 5.69 Å². The summed E-state index contributed by atoms with van der Waals surface area (Å²) in [6.45, 7) is 9.02. The fourth-order valence-electron chi connectivity index (χ4n) is 3.66. The second-order valence-electron chi connectivity index (χ2n) is 7.23. The van der Waals surface area contributed by atoms with E-state index in [9.17, 15) is 14.9 Å². The van der Waals surface area contributed by atoms with E-state index in [1.807, 2.05) is 19.3 Å². The van der Waals surface area contributed by atoms with E-state index in [4.69, 9.17) is 0 Å². The Bertz CT molecular complexity index is 852. The van der Waals surface area contributed by atoms with Crippen molar-refractivity contribution in [3.8, 4) is 0 Å². The molecule has 1 amide bonds. The summed E-state index contributed by atoms with van der Waals surface area (Å²) in [5.41, 5.74) is 0.138. The highest BCUT2D eigenvalue weighted by Gasteiger charge is 2.26. The second-order valence-corrected chi connectivity index (χ2v) is 7.23. The lowest BCUT2D eigenvalue weighted by Gasteiger charge is -2.27. The molecule has 1 fully saturated rings. The van der Waals surface area contributed by atoms with Gasteiger partial charge in [-0.15, -0.1) is 0 Å². The van der Waals surface area contributed by atoms with E-state index in [-0.39, 0.29) is 23.3 Å². The van der Waals surface area contributed by atoms with Gasteiger partial charge in [-0.25, -0.2) is 4.98 Å². The van der Waals surface area contributed by atoms with Gasteiger partial charge >= 0.3 is 0 Å². The van der Waals surface area contributed by atoms with Crippen LogP contribution in [0.5, 0.6) is 0 Å². The van der Waals surface area contributed by atoms with Crippen LogP contribution in [0.4, 0.5) is 11.4 Å². The summed E-state index contributed by atoms with van der Waals surface area (Å²) >= 11 is 0. The lowest BCUT2D eigenvalue weighted by atomic mass is 10.2. The van der Waals surface area contributed by atoms with Crippen molar-refractivity contribution in [3.63, 3.8) is 0 Å². The number of hydrogen-bond acceptors (Lipinski definition) is 6. The van der Waals surface area contributed by atoms with Crippen LogP contribution >= 0.6 is 0 Å². The van der Waals surface area contributed by atoms with Crippen LogP contribution in [0.1, 0.15) is 26.1 Å². The molecule has 3 rings (SSSR count). The average molecular weight is 400 g/mol. The molecule has 0 saturated carbocycles. The molecule has 1 aromatic heterocycles. The van der Waals surface area contributed by atoms with Crippen LogP contribution in [0.25, 0.3) is 0 Å². The highest BCUT2D eigenvalue weighted by molar-refractivity contribution is 5.96. The topological polar surface area (TPSA) is 96.5 Å². The minimum absolute atomic E-state index is 0.0958. The van der Waals surface area contributed by atoms with E-state index in [0.717, 1.165) is 51.5 Å². The average Bonchev–Trinajstić information content (AvgIpc) is 3.03. The molecular weight excluding hydrogens is 372 g/mol. The van der Waals surface area contributed by atoms with Crippen molar-refractivity contribution in [3.05, 3.63) is 52.6 Å². The summed E-state index contributed by atoms with van der Waals surface area (Å²) in [6.07, 6.45) is 4.78. The Balaban J connectivity index is 1.58. The third-order valence-electron chi connectivity index (χ3n) is 5.42. The predicted molar refractivity (Wildman–Crippen MR) is 111 cm³/mol. The van der Waals surface area contributed by atoms with Gasteiger partial charge in [-0.3, -0.25) is 24.7 Å². The number of nitro groups is 1. The van der Waals surface area contributed by atoms with Gasteiger partial charge in [0.2, 0.25) is 5.91 Å². The van der Waals surface area contributed by atoms with E-state index in [1.165, 1.54) is 6.07 Å². The third-order valence-corrected chi connectivity index (χ3v) is 5.42. The van der Waals surface area contributed by atoms with Crippen molar-refractivity contribution in [2.75, 3.05) is 31.5 Å². The molecule has 9 nitrogen and oxygen atoms in total. The molecule has 1 aromatic carbocycles. The molecule has 1 aliphatic heterocycles. The molecule has 2 aromatic rings. The second kappa shape index (κ2) is 9.62. The third kappa shape index (κ3) is 5.18. The molecule has 156 valence electrons. The number of imidazole rings is 1. The smallest absolute Gasteiger partial charge is 0.292 e. The highest BCUT2D eigenvalue weighted by Crippen LogP contribution is 2.23. The maximum absolute atomic E-state index is 12.7. The number of nitrogens with one attached hydrogen (secondary N) is 1. The van der Waals surface area contributed by atoms with Crippen molar-refractivity contribution >= 4 is 17.3 Å². The fraction of sp³-hybridized carbons (Fsp3) is 0.500. The molecule has 0 spiro atoms. The SMILES string of the molecule is CCn1ccnc1CN1CCCN(C(C)C(=O)Nc2ccccc2[N+](=O)[O-])CC1. The number of aryl methyl sites for hydroxylation is 1. The number of carbonyl (C=O) groups is 1. The number of hydrogen-bond donors (Lipinski definition) is 1. The number of para-hydroxylation sites is 2. The van der Waals surface area contributed by atoms with E-state index in [2.05, 4.69) is 31.6 Å². The Morgan fingerprint density at radius 1 is 1.28 bits per heavy atom. The standard InChI is InChI=1S/C20H28N6O3/c1-3-24-12-9-21-19(24)15-23-10-6-11-25(14-13-23)16(2)20(27)22-17-7-4-5-8-18(17)26(28)29/h4-5,7-9,12,16H,3,6,10-11,13-15H2,1-2H3,(H,22,27). The van der Waals surface area contributed by atoms with Gasteiger partial charge in [0, 0.05) is 44.6 Å². The number of aromatic nitrogens is 2. The molecule has 1 aliphatic rings. The van der Waals surface area contributed by atoms with Crippen LogP contribution in [0.3, 0.4) is 0 Å². The summed E-state index contributed by atoms with van der Waals surface area (Å²) in [7, 11) is 0. The maximum Gasteiger partial charge on any atom is 0.292 e. The van der Waals surface area contributed by atoms with Gasteiger partial charge in [0.1, 0.15) is 11.5 Å². The van der Waals surface area contributed by atoms with Crippen molar-refractivity contribution in [2.24, 2.45) is 0 Å². The van der Waals surface area contributed by atoms with E-state index in [0.29, 0.717) is 0 Å². The van der Waals surface area contributed by atoms with Crippen LogP contribution in [0.15, 0.2) is 36.7 Å². The normalized spacial score (nSPS) is 16.9. The van der Waals surface area contributed by atoms with Crippen LogP contribution in [0.2, 0.25) is 0 Å². The minimum atomic E-state index is -0.482. The molecule has 1 atom stereocenters. The van der Waals surface area contributed by atoms with Crippen LogP contribution in [0, 0.1) is 10.1 Å². The lowest BCUT2D eigenvalue weighted by Crippen LogP contribution is -2.44. The van der Waals surface area contributed by atoms with Gasteiger partial charge in [-0.05, 0) is 32.9 Å². The summed E-state index contributed by atoms with van der Waals surface area (Å²) in [5, 5.41) is 13.9. The van der Waals surface area contributed by atoms with Gasteiger partial charge in [0.15, 0.2) is 0 Å². The number of benzene rings is 1. The largest absolute Gasteiger partial charge is 0.334 e. The van der Waals surface area contributed by atoms with Crippen molar-refractivity contribution < 1.29 is 9.72 Å². The monoisotopic (exact) mass is 400 g/mol. The first-order valence-electron chi connectivity index (χ1n) is 10.00. The Labute approximate surface area is 170 Å². The van der Waals surface area contributed by atoms with Gasteiger partial charge in [-0.1, -0.05) is 12.1 Å². The quantitative estimate of drug-likeness (QED) is 0.566. The number of anilines is 1. The van der Waals surface area contributed by atoms with Gasteiger partial charge < -0.3 is 9.88 Å². The zero-order valence-electron chi connectivity index (χ0n) is 17.0. The van der Waals surface area contributed by atoms with Crippen molar-refractivity contribution in [1.82, 2.24) is 19.4 Å². The van der Waals surface area contributed by atoms with Crippen molar-refractivity contribution in [2.45, 2.75) is 39.4 Å². The number of nitrogens with zero attached hydrogens (tertiary/aromatic N) is 5. The molecule has 0 bridgehead atoms. The molecule has 0 aliphatic carbocycles. The molecule has 9 heteroatoms. The Hall–Kier alpha value is -2.78. The first kappa shape index (κ1) is 20.9. The zero-order chi connectivity index (χ0) is 20.8. The molecule has 2 heterocycles. The minimum Gasteiger partial charge on any atom is -0.334 e. The van der Waals surface area contributed by atoms with E-state index < -0.39 is 4.92 Å². The number of rotatable bonds is 7. The number of amides is 1. The summed E-state index contributed by atoms with van der Waals surface area (Å²) in [5.74, 6) is 0.831. The van der Waals surface area contributed by atoms with Crippen molar-refractivity contribution in [1.29, 1.82) is 0 Å². The number of nitro benzene ring substituents is 1. The Kier molecular flexibility index (Phi) is 6.95. The molecule has 29 heavy (non-hydrogen) atoms. The summed E-state index contributed by atoms with van der Waals surface area (Å²) in [4.78, 5) is 32.3. The van der Waals surface area contributed by atoms with E-state index in [1.54, 1.807) is 18.2 Å².